The Morgan fingerprint density at radius 1 is 1.60 bits per heavy atom. The fourth-order valence-corrected chi connectivity index (χ4v) is 1.28. The van der Waals surface area contributed by atoms with Crippen LogP contribution in [-0.2, 0) is 0 Å². The highest BCUT2D eigenvalue weighted by molar-refractivity contribution is 7.96. The molecule has 2 nitrogen and oxygen atoms in total. The van der Waals surface area contributed by atoms with E-state index in [1.165, 1.54) is 19.3 Å². The lowest BCUT2D eigenvalue weighted by Crippen LogP contribution is -2.22. The summed E-state index contributed by atoms with van der Waals surface area (Å²) in [5, 5.41) is 2.46. The van der Waals surface area contributed by atoms with Crippen LogP contribution in [0.1, 0.15) is 25.7 Å². The van der Waals surface area contributed by atoms with Gasteiger partial charge in [0.05, 0.1) is 0 Å². The van der Waals surface area contributed by atoms with E-state index < -0.39 is 0 Å². The summed E-state index contributed by atoms with van der Waals surface area (Å²) in [4.78, 5) is 10.3. The maximum atomic E-state index is 10.3. The van der Waals surface area contributed by atoms with Gasteiger partial charge in [-0.05, 0) is 12.3 Å². The van der Waals surface area contributed by atoms with Gasteiger partial charge in [0.2, 0.25) is 0 Å². The molecule has 58 valence electrons. The Labute approximate surface area is 66.8 Å². The van der Waals surface area contributed by atoms with Crippen LogP contribution < -0.4 is 5.32 Å². The van der Waals surface area contributed by atoms with Crippen molar-refractivity contribution in [2.45, 2.75) is 25.7 Å². The van der Waals surface area contributed by atoms with Gasteiger partial charge in [-0.25, -0.2) is 0 Å². The lowest BCUT2D eigenvalue weighted by atomic mass is 9.83. The van der Waals surface area contributed by atoms with E-state index in [1.54, 1.807) is 0 Å². The highest BCUT2D eigenvalue weighted by atomic mass is 32.1. The van der Waals surface area contributed by atoms with Gasteiger partial charge >= 0.3 is 0 Å². The van der Waals surface area contributed by atoms with Crippen molar-refractivity contribution in [1.29, 1.82) is 0 Å². The predicted molar refractivity (Wildman–Crippen MR) is 44.3 cm³/mol. The molecule has 0 aromatic carbocycles. The summed E-state index contributed by atoms with van der Waals surface area (Å²) in [6.45, 7) is 0.799. The topological polar surface area (TPSA) is 29.1 Å². The zero-order valence-corrected chi connectivity index (χ0v) is 6.86. The van der Waals surface area contributed by atoms with E-state index in [0.29, 0.717) is 0 Å². The van der Waals surface area contributed by atoms with Crippen molar-refractivity contribution in [3.8, 4) is 0 Å². The molecule has 0 unspecified atom stereocenters. The third-order valence-corrected chi connectivity index (χ3v) is 2.21. The van der Waals surface area contributed by atoms with Crippen LogP contribution in [0.4, 0.5) is 4.79 Å². The van der Waals surface area contributed by atoms with E-state index in [0.717, 1.165) is 18.9 Å². The average molecular weight is 159 g/mol. The Bertz CT molecular complexity index is 123. The Morgan fingerprint density at radius 2 is 2.30 bits per heavy atom. The van der Waals surface area contributed by atoms with Crippen LogP contribution in [0.2, 0.25) is 0 Å². The van der Waals surface area contributed by atoms with E-state index in [9.17, 15) is 4.79 Å². The van der Waals surface area contributed by atoms with Gasteiger partial charge in [0.1, 0.15) is 0 Å². The fourth-order valence-electron chi connectivity index (χ4n) is 1.16. The molecule has 1 rings (SSSR count). The summed E-state index contributed by atoms with van der Waals surface area (Å²) in [7, 11) is 0. The SMILES string of the molecule is O=C(S)NCCC1CCC1. The third-order valence-electron chi connectivity index (χ3n) is 2.05. The molecule has 0 radical (unpaired) electrons. The maximum Gasteiger partial charge on any atom is 0.275 e. The van der Waals surface area contributed by atoms with Gasteiger partial charge < -0.3 is 5.32 Å². The highest BCUT2D eigenvalue weighted by Gasteiger charge is 2.16. The normalized spacial score (nSPS) is 18.1. The Morgan fingerprint density at radius 3 is 2.70 bits per heavy atom. The number of hydrogen-bond donors (Lipinski definition) is 2. The van der Waals surface area contributed by atoms with Crippen LogP contribution in [0.5, 0.6) is 0 Å². The van der Waals surface area contributed by atoms with Crippen LogP contribution in [0.25, 0.3) is 0 Å². The number of rotatable bonds is 3. The van der Waals surface area contributed by atoms with Crippen molar-refractivity contribution in [3.63, 3.8) is 0 Å². The Balaban J connectivity index is 1.89. The minimum Gasteiger partial charge on any atom is -0.347 e. The first kappa shape index (κ1) is 7.92. The maximum absolute atomic E-state index is 10.3. The molecule has 10 heavy (non-hydrogen) atoms. The fraction of sp³-hybridized carbons (Fsp3) is 0.857. The van der Waals surface area contributed by atoms with Crippen LogP contribution in [0.15, 0.2) is 0 Å². The van der Waals surface area contributed by atoms with Crippen molar-refractivity contribution < 1.29 is 4.79 Å². The molecule has 0 spiro atoms. The number of carbonyl (C=O) groups excluding carboxylic acids is 1. The summed E-state index contributed by atoms with van der Waals surface area (Å²) >= 11 is 3.60. The number of nitrogens with one attached hydrogen (secondary N) is 1. The van der Waals surface area contributed by atoms with Crippen molar-refractivity contribution in [3.05, 3.63) is 0 Å². The van der Waals surface area contributed by atoms with E-state index in [1.807, 2.05) is 0 Å². The number of hydrogen-bond acceptors (Lipinski definition) is 1. The van der Waals surface area contributed by atoms with Crippen LogP contribution in [0, 0.1) is 5.92 Å². The van der Waals surface area contributed by atoms with Crippen LogP contribution in [0.3, 0.4) is 0 Å². The van der Waals surface area contributed by atoms with Gasteiger partial charge in [0.15, 0.2) is 0 Å². The molecule has 0 aromatic heterocycles. The molecule has 1 aliphatic carbocycles. The smallest absolute Gasteiger partial charge is 0.275 e. The molecule has 0 atom stereocenters. The second kappa shape index (κ2) is 3.86. The zero-order chi connectivity index (χ0) is 7.40. The number of thiol groups is 1. The predicted octanol–water partition coefficient (Wildman–Crippen LogP) is 1.82. The van der Waals surface area contributed by atoms with Crippen LogP contribution in [-0.4, -0.2) is 11.8 Å². The minimum absolute atomic E-state index is 0.209. The molecule has 3 heteroatoms. The van der Waals surface area contributed by atoms with E-state index in [-0.39, 0.29) is 5.24 Å². The van der Waals surface area contributed by atoms with Gasteiger partial charge in [-0.3, -0.25) is 4.79 Å². The molecule has 0 saturated heterocycles. The molecule has 0 aliphatic heterocycles. The van der Waals surface area contributed by atoms with Gasteiger partial charge in [-0.15, -0.1) is 0 Å². The van der Waals surface area contributed by atoms with Gasteiger partial charge in [-0.2, -0.15) is 0 Å². The van der Waals surface area contributed by atoms with Crippen molar-refractivity contribution in [1.82, 2.24) is 5.32 Å². The molecular weight excluding hydrogens is 146 g/mol. The van der Waals surface area contributed by atoms with Gasteiger partial charge in [0.25, 0.3) is 5.24 Å². The van der Waals surface area contributed by atoms with E-state index in [4.69, 9.17) is 0 Å². The van der Waals surface area contributed by atoms with Gasteiger partial charge in [0, 0.05) is 6.54 Å². The molecule has 0 bridgehead atoms. The molecule has 1 amide bonds. The largest absolute Gasteiger partial charge is 0.347 e. The molecule has 1 saturated carbocycles. The zero-order valence-electron chi connectivity index (χ0n) is 5.97. The van der Waals surface area contributed by atoms with Crippen LogP contribution >= 0.6 is 12.6 Å². The lowest BCUT2D eigenvalue weighted by Gasteiger charge is -2.24. The third kappa shape index (κ3) is 2.60. The Kier molecular flexibility index (Phi) is 3.06. The lowest BCUT2D eigenvalue weighted by molar-refractivity contribution is 0.256. The van der Waals surface area contributed by atoms with Gasteiger partial charge in [-0.1, -0.05) is 31.9 Å². The summed E-state index contributed by atoms with van der Waals surface area (Å²) in [5.41, 5.74) is 0. The number of amides is 1. The monoisotopic (exact) mass is 159 g/mol. The molecular formula is C7H13NOS. The second-order valence-corrected chi connectivity index (χ2v) is 3.22. The standard InChI is InChI=1S/C7H13NOS/c9-7(10)8-5-4-6-2-1-3-6/h6H,1-5H2,(H2,8,9,10). The first-order chi connectivity index (χ1) is 4.79. The molecule has 1 fully saturated rings. The average Bonchev–Trinajstić information content (AvgIpc) is 1.75. The number of carbonyl (C=O) groups is 1. The summed E-state index contributed by atoms with van der Waals surface area (Å²) < 4.78 is 0. The van der Waals surface area contributed by atoms with Crippen molar-refractivity contribution in [2.75, 3.05) is 6.54 Å². The van der Waals surface area contributed by atoms with E-state index in [2.05, 4.69) is 17.9 Å². The molecule has 1 aliphatic rings. The summed E-state index contributed by atoms with van der Waals surface area (Å²) in [6.07, 6.45) is 5.21. The minimum atomic E-state index is -0.209. The highest BCUT2D eigenvalue weighted by Crippen LogP contribution is 2.28. The Hall–Kier alpha value is -0.180. The molecule has 1 N–H and O–H groups in total. The second-order valence-electron chi connectivity index (χ2n) is 2.82. The van der Waals surface area contributed by atoms with Crippen molar-refractivity contribution >= 4 is 17.9 Å². The molecule has 0 heterocycles. The molecule has 0 aromatic rings. The van der Waals surface area contributed by atoms with Crippen molar-refractivity contribution in [2.24, 2.45) is 5.92 Å². The van der Waals surface area contributed by atoms with E-state index >= 15 is 0 Å². The summed E-state index contributed by atoms with van der Waals surface area (Å²) in [6, 6.07) is 0. The first-order valence-corrected chi connectivity index (χ1v) is 4.20. The first-order valence-electron chi connectivity index (χ1n) is 3.76. The summed E-state index contributed by atoms with van der Waals surface area (Å²) in [5.74, 6) is 0.875. The quantitative estimate of drug-likeness (QED) is 0.604.